The number of nitrogens with zero attached hydrogens (tertiary/aromatic N) is 3. The summed E-state index contributed by atoms with van der Waals surface area (Å²) in [5.41, 5.74) is 7.95. The molecule has 2 heterocycles. The SMILES string of the molecule is CCS(=O)(=O)Nc1ccc(-c2n[nH]c(Nc3cnccn3)c2C(N)=O)cc1OCc1ccc(F)cc1C. The highest BCUT2D eigenvalue weighted by Crippen LogP contribution is 2.35. The fourth-order valence-corrected chi connectivity index (χ4v) is 4.11. The van der Waals surface area contributed by atoms with E-state index in [0.29, 0.717) is 22.5 Å². The lowest BCUT2D eigenvalue weighted by atomic mass is 10.1. The van der Waals surface area contributed by atoms with Crippen molar-refractivity contribution >= 4 is 33.3 Å². The first kappa shape index (κ1) is 25.6. The van der Waals surface area contributed by atoms with E-state index in [9.17, 15) is 17.6 Å². The van der Waals surface area contributed by atoms with Crippen molar-refractivity contribution < 1.29 is 22.3 Å². The van der Waals surface area contributed by atoms with Gasteiger partial charge in [0, 0.05) is 18.0 Å². The number of aromatic amines is 1. The Kier molecular flexibility index (Phi) is 7.34. The van der Waals surface area contributed by atoms with Crippen molar-refractivity contribution in [2.24, 2.45) is 5.73 Å². The van der Waals surface area contributed by atoms with Crippen LogP contribution < -0.4 is 20.5 Å². The van der Waals surface area contributed by atoms with Crippen LogP contribution in [0.4, 0.5) is 21.7 Å². The topological polar surface area (TPSA) is 165 Å². The minimum absolute atomic E-state index is 0.0408. The van der Waals surface area contributed by atoms with Crippen molar-refractivity contribution in [2.75, 3.05) is 15.8 Å². The number of amides is 1. The Morgan fingerprint density at radius 2 is 2.00 bits per heavy atom. The van der Waals surface area contributed by atoms with Crippen molar-refractivity contribution in [1.29, 1.82) is 0 Å². The highest BCUT2D eigenvalue weighted by atomic mass is 32.2. The van der Waals surface area contributed by atoms with E-state index < -0.39 is 15.9 Å². The first-order valence-corrected chi connectivity index (χ1v) is 12.8. The van der Waals surface area contributed by atoms with Crippen LogP contribution in [0, 0.1) is 12.7 Å². The van der Waals surface area contributed by atoms with Crippen LogP contribution in [0.3, 0.4) is 0 Å². The number of H-pyrrole nitrogens is 1. The van der Waals surface area contributed by atoms with E-state index in [1.165, 1.54) is 43.7 Å². The van der Waals surface area contributed by atoms with Gasteiger partial charge < -0.3 is 15.8 Å². The molecule has 13 heteroatoms. The Hall–Kier alpha value is -4.52. The summed E-state index contributed by atoms with van der Waals surface area (Å²) in [6.45, 7) is 3.29. The summed E-state index contributed by atoms with van der Waals surface area (Å²) < 4.78 is 46.5. The molecule has 0 atom stereocenters. The molecular weight excluding hydrogens is 501 g/mol. The molecule has 4 aromatic rings. The van der Waals surface area contributed by atoms with Gasteiger partial charge in [0.15, 0.2) is 0 Å². The molecule has 11 nitrogen and oxygen atoms in total. The number of nitrogens with one attached hydrogen (secondary N) is 3. The standard InChI is InChI=1S/C24H24FN7O4S/c1-3-37(34,35)32-18-7-5-15(11-19(18)36-13-16-4-6-17(25)10-14(16)2)22-21(23(26)33)24(31-30-22)29-20-12-27-8-9-28-20/h4-12,32H,3,13H2,1-2H3,(H2,26,33)(H2,28,29,30,31). The molecule has 0 fully saturated rings. The van der Waals surface area contributed by atoms with E-state index in [-0.39, 0.29) is 46.7 Å². The number of sulfonamides is 1. The van der Waals surface area contributed by atoms with Crippen LogP contribution in [0.1, 0.15) is 28.4 Å². The monoisotopic (exact) mass is 525 g/mol. The van der Waals surface area contributed by atoms with Crippen molar-refractivity contribution in [3.8, 4) is 17.0 Å². The first-order valence-electron chi connectivity index (χ1n) is 11.1. The highest BCUT2D eigenvalue weighted by Gasteiger charge is 2.22. The summed E-state index contributed by atoms with van der Waals surface area (Å²) >= 11 is 0. The van der Waals surface area contributed by atoms with Crippen LogP contribution in [0.15, 0.2) is 55.0 Å². The second-order valence-corrected chi connectivity index (χ2v) is 9.99. The molecule has 4 rings (SSSR count). The summed E-state index contributed by atoms with van der Waals surface area (Å²) in [5, 5.41) is 9.89. The largest absolute Gasteiger partial charge is 0.487 e. The van der Waals surface area contributed by atoms with E-state index in [0.717, 1.165) is 0 Å². The Morgan fingerprint density at radius 1 is 1.19 bits per heavy atom. The minimum Gasteiger partial charge on any atom is -0.487 e. The van der Waals surface area contributed by atoms with Crippen molar-refractivity contribution in [3.63, 3.8) is 0 Å². The number of hydrogen-bond donors (Lipinski definition) is 4. The molecule has 0 spiro atoms. The number of halogens is 1. The van der Waals surface area contributed by atoms with Crippen molar-refractivity contribution in [3.05, 3.63) is 77.5 Å². The van der Waals surface area contributed by atoms with Crippen LogP contribution in [-0.4, -0.2) is 40.2 Å². The number of rotatable bonds is 10. The molecule has 2 aromatic carbocycles. The van der Waals surface area contributed by atoms with Crippen LogP contribution in [0.5, 0.6) is 5.75 Å². The van der Waals surface area contributed by atoms with Gasteiger partial charge in [-0.3, -0.25) is 19.6 Å². The van der Waals surface area contributed by atoms with E-state index in [1.807, 2.05) is 0 Å². The summed E-state index contributed by atoms with van der Waals surface area (Å²) in [7, 11) is -3.62. The minimum atomic E-state index is -3.62. The maximum Gasteiger partial charge on any atom is 0.254 e. The number of carbonyl (C=O) groups is 1. The zero-order valence-electron chi connectivity index (χ0n) is 19.9. The van der Waals surface area contributed by atoms with Crippen LogP contribution in [-0.2, 0) is 16.6 Å². The third kappa shape index (κ3) is 6.01. The van der Waals surface area contributed by atoms with E-state index in [2.05, 4.69) is 30.2 Å². The molecule has 0 aliphatic rings. The van der Waals surface area contributed by atoms with Gasteiger partial charge in [0.1, 0.15) is 41.1 Å². The number of hydrogen-bond acceptors (Lipinski definition) is 8. The lowest BCUT2D eigenvalue weighted by Crippen LogP contribution is -2.16. The van der Waals surface area contributed by atoms with Gasteiger partial charge in [-0.2, -0.15) is 5.10 Å². The summed E-state index contributed by atoms with van der Waals surface area (Å²) in [6, 6.07) is 8.92. The van der Waals surface area contributed by atoms with Gasteiger partial charge in [0.05, 0.1) is 17.6 Å². The van der Waals surface area contributed by atoms with Crippen molar-refractivity contribution in [1.82, 2.24) is 20.2 Å². The second kappa shape index (κ2) is 10.6. The summed E-state index contributed by atoms with van der Waals surface area (Å²) in [4.78, 5) is 20.4. The average molecular weight is 526 g/mol. The Bertz CT molecular complexity index is 1540. The Morgan fingerprint density at radius 3 is 2.68 bits per heavy atom. The maximum atomic E-state index is 13.5. The van der Waals surface area contributed by atoms with Crippen molar-refractivity contribution in [2.45, 2.75) is 20.5 Å². The van der Waals surface area contributed by atoms with Crippen LogP contribution >= 0.6 is 0 Å². The highest BCUT2D eigenvalue weighted by molar-refractivity contribution is 7.92. The fraction of sp³-hybridized carbons (Fsp3) is 0.167. The summed E-state index contributed by atoms with van der Waals surface area (Å²) in [5.74, 6) is -0.515. The maximum absolute atomic E-state index is 13.5. The van der Waals surface area contributed by atoms with Gasteiger partial charge in [-0.05, 0) is 49.2 Å². The molecule has 0 saturated heterocycles. The van der Waals surface area contributed by atoms with E-state index in [4.69, 9.17) is 10.5 Å². The number of anilines is 3. The molecule has 192 valence electrons. The molecule has 2 aromatic heterocycles. The predicted octanol–water partition coefficient (Wildman–Crippen LogP) is 3.50. The third-order valence-electron chi connectivity index (χ3n) is 5.42. The van der Waals surface area contributed by atoms with Gasteiger partial charge in [0.25, 0.3) is 5.91 Å². The molecule has 0 saturated carbocycles. The summed E-state index contributed by atoms with van der Waals surface area (Å²) in [6.07, 6.45) is 4.44. The molecule has 0 radical (unpaired) electrons. The lowest BCUT2D eigenvalue weighted by Gasteiger charge is -2.15. The molecule has 0 aliphatic heterocycles. The number of ether oxygens (including phenoxy) is 1. The van der Waals surface area contributed by atoms with Gasteiger partial charge >= 0.3 is 0 Å². The zero-order valence-corrected chi connectivity index (χ0v) is 20.8. The molecular formula is C24H24FN7O4S. The molecule has 5 N–H and O–H groups in total. The lowest BCUT2D eigenvalue weighted by molar-refractivity contribution is 0.100. The third-order valence-corrected chi connectivity index (χ3v) is 6.71. The number of aromatic nitrogens is 4. The van der Waals surface area contributed by atoms with Gasteiger partial charge in [0.2, 0.25) is 10.0 Å². The fourth-order valence-electron chi connectivity index (χ4n) is 3.46. The van der Waals surface area contributed by atoms with Crippen LogP contribution in [0.25, 0.3) is 11.3 Å². The molecule has 1 amide bonds. The quantitative estimate of drug-likeness (QED) is 0.244. The average Bonchev–Trinajstić information content (AvgIpc) is 3.28. The molecule has 37 heavy (non-hydrogen) atoms. The Labute approximate surface area is 212 Å². The number of carbonyl (C=O) groups excluding carboxylic acids is 1. The number of benzene rings is 2. The number of nitrogens with two attached hydrogens (primary N) is 1. The Balaban J connectivity index is 1.72. The van der Waals surface area contributed by atoms with E-state index in [1.54, 1.807) is 25.1 Å². The molecule has 0 unspecified atom stereocenters. The second-order valence-electron chi connectivity index (χ2n) is 7.98. The van der Waals surface area contributed by atoms with Gasteiger partial charge in [-0.15, -0.1) is 0 Å². The molecule has 0 bridgehead atoms. The normalized spacial score (nSPS) is 11.2. The predicted molar refractivity (Wildman–Crippen MR) is 136 cm³/mol. The van der Waals surface area contributed by atoms with Gasteiger partial charge in [-0.25, -0.2) is 17.8 Å². The molecule has 0 aliphatic carbocycles. The van der Waals surface area contributed by atoms with Gasteiger partial charge in [-0.1, -0.05) is 12.1 Å². The smallest absolute Gasteiger partial charge is 0.254 e. The zero-order chi connectivity index (χ0) is 26.6. The first-order chi connectivity index (χ1) is 17.7. The number of aryl methyl sites for hydroxylation is 1. The van der Waals surface area contributed by atoms with Crippen LogP contribution in [0.2, 0.25) is 0 Å². The van der Waals surface area contributed by atoms with E-state index >= 15 is 0 Å². The number of primary amides is 1.